The molecule has 0 aliphatic heterocycles. The average Bonchev–Trinajstić information content (AvgIpc) is 2.31. The van der Waals surface area contributed by atoms with Gasteiger partial charge < -0.3 is 9.47 Å². The summed E-state index contributed by atoms with van der Waals surface area (Å²) in [4.78, 5) is 12.5. The van der Waals surface area contributed by atoms with Gasteiger partial charge in [-0.2, -0.15) is 0 Å². The number of ether oxygens (including phenoxy) is 2. The number of carbonyl (C=O) groups is 1. The Kier molecular flexibility index (Phi) is 4.23. The Bertz CT molecular complexity index is 446. The lowest BCUT2D eigenvalue weighted by molar-refractivity contribution is 0.265. The maximum Gasteiger partial charge on any atom is 0.320 e. The highest BCUT2D eigenvalue weighted by Crippen LogP contribution is 2.39. The van der Waals surface area contributed by atoms with Gasteiger partial charge in [0.25, 0.3) is 0 Å². The summed E-state index contributed by atoms with van der Waals surface area (Å²) in [6.07, 6.45) is 0. The minimum Gasteiger partial charge on any atom is -0.496 e. The fraction of sp³-hybridized carbons (Fsp3) is 0.417. The molecule has 1 amide bonds. The molecule has 0 aliphatic rings. The van der Waals surface area contributed by atoms with Crippen LogP contribution in [0.5, 0.6) is 11.5 Å². The lowest BCUT2D eigenvalue weighted by Crippen LogP contribution is -2.20. The topological polar surface area (TPSA) is 38.8 Å². The number of amides is 1. The molecule has 1 aromatic rings. The van der Waals surface area contributed by atoms with E-state index in [9.17, 15) is 4.79 Å². The Morgan fingerprint density at radius 1 is 1.24 bits per heavy atom. The van der Waals surface area contributed by atoms with Gasteiger partial charge in [-0.05, 0) is 36.6 Å². The first-order valence-corrected chi connectivity index (χ1v) is 5.47. The smallest absolute Gasteiger partial charge is 0.320 e. The van der Waals surface area contributed by atoms with Gasteiger partial charge in [0.1, 0.15) is 11.5 Å². The van der Waals surface area contributed by atoms with E-state index in [0.717, 1.165) is 11.1 Å². The van der Waals surface area contributed by atoms with E-state index < -0.39 is 5.37 Å². The third-order valence-electron chi connectivity index (χ3n) is 2.82. The summed E-state index contributed by atoms with van der Waals surface area (Å²) in [5.41, 5.74) is 2.49. The number of carbonyl (C=O) groups excluding carboxylic acids is 1. The van der Waals surface area contributed by atoms with Gasteiger partial charge in [-0.3, -0.25) is 9.69 Å². The van der Waals surface area contributed by atoms with Gasteiger partial charge >= 0.3 is 5.37 Å². The molecular weight excluding hydrogens is 242 g/mol. The molecule has 0 spiro atoms. The van der Waals surface area contributed by atoms with Crippen LogP contribution in [0, 0.1) is 13.8 Å². The van der Waals surface area contributed by atoms with E-state index in [2.05, 4.69) is 0 Å². The standard InChI is InChI=1S/C12H16ClNO3/c1-7-8(2)11(17-5)9(6-10(7)16-4)14(3)12(13)15/h6H,1-5H3. The molecule has 94 valence electrons. The van der Waals surface area contributed by atoms with Crippen LogP contribution in [-0.2, 0) is 0 Å². The lowest BCUT2D eigenvalue weighted by Gasteiger charge is -2.21. The number of nitrogens with zero attached hydrogens (tertiary/aromatic N) is 1. The second-order valence-corrected chi connectivity index (χ2v) is 4.02. The van der Waals surface area contributed by atoms with Gasteiger partial charge in [-0.15, -0.1) is 0 Å². The van der Waals surface area contributed by atoms with Crippen molar-refractivity contribution in [3.8, 4) is 11.5 Å². The van der Waals surface area contributed by atoms with E-state index >= 15 is 0 Å². The van der Waals surface area contributed by atoms with Crippen LogP contribution in [0.15, 0.2) is 6.07 Å². The molecule has 0 unspecified atom stereocenters. The van der Waals surface area contributed by atoms with Crippen LogP contribution in [0.1, 0.15) is 11.1 Å². The predicted octanol–water partition coefficient (Wildman–Crippen LogP) is 3.12. The molecule has 0 radical (unpaired) electrons. The van der Waals surface area contributed by atoms with Gasteiger partial charge in [0.05, 0.1) is 19.9 Å². The highest BCUT2D eigenvalue weighted by Gasteiger charge is 2.19. The van der Waals surface area contributed by atoms with Crippen LogP contribution < -0.4 is 14.4 Å². The molecule has 0 heterocycles. The van der Waals surface area contributed by atoms with Crippen molar-refractivity contribution in [2.24, 2.45) is 0 Å². The summed E-state index contributed by atoms with van der Waals surface area (Å²) >= 11 is 5.47. The molecule has 0 fully saturated rings. The zero-order valence-electron chi connectivity index (χ0n) is 10.6. The lowest BCUT2D eigenvalue weighted by atomic mass is 10.1. The highest BCUT2D eigenvalue weighted by molar-refractivity contribution is 6.66. The van der Waals surface area contributed by atoms with Crippen molar-refractivity contribution in [3.63, 3.8) is 0 Å². The number of halogens is 1. The van der Waals surface area contributed by atoms with E-state index in [-0.39, 0.29) is 0 Å². The second-order valence-electron chi connectivity index (χ2n) is 3.69. The summed E-state index contributed by atoms with van der Waals surface area (Å²) in [5, 5.41) is -0.575. The maximum absolute atomic E-state index is 11.2. The van der Waals surface area contributed by atoms with Gasteiger partial charge in [-0.25, -0.2) is 0 Å². The van der Waals surface area contributed by atoms with Crippen LogP contribution >= 0.6 is 11.6 Å². The Hall–Kier alpha value is -1.42. The minimum atomic E-state index is -0.575. The number of rotatable bonds is 3. The molecular formula is C12H16ClNO3. The quantitative estimate of drug-likeness (QED) is 0.617. The Morgan fingerprint density at radius 3 is 2.24 bits per heavy atom. The van der Waals surface area contributed by atoms with Crippen molar-refractivity contribution in [3.05, 3.63) is 17.2 Å². The van der Waals surface area contributed by atoms with E-state index in [4.69, 9.17) is 21.1 Å². The van der Waals surface area contributed by atoms with Gasteiger partial charge in [-0.1, -0.05) is 0 Å². The molecule has 17 heavy (non-hydrogen) atoms. The molecule has 1 aromatic carbocycles. The zero-order valence-corrected chi connectivity index (χ0v) is 11.4. The summed E-state index contributed by atoms with van der Waals surface area (Å²) in [6.45, 7) is 3.84. The van der Waals surface area contributed by atoms with Crippen molar-refractivity contribution >= 4 is 22.7 Å². The molecule has 0 bridgehead atoms. The Labute approximate surface area is 106 Å². The molecule has 0 atom stereocenters. The van der Waals surface area contributed by atoms with Crippen LogP contribution in [0.3, 0.4) is 0 Å². The van der Waals surface area contributed by atoms with Crippen LogP contribution in [0.2, 0.25) is 0 Å². The minimum absolute atomic E-state index is 0.575. The fourth-order valence-corrected chi connectivity index (χ4v) is 1.75. The number of anilines is 1. The first-order chi connectivity index (χ1) is 7.93. The normalized spacial score (nSPS) is 10.0. The fourth-order valence-electron chi connectivity index (χ4n) is 1.66. The van der Waals surface area contributed by atoms with Gasteiger partial charge in [0, 0.05) is 13.1 Å². The number of benzene rings is 1. The predicted molar refractivity (Wildman–Crippen MR) is 68.7 cm³/mol. The molecule has 0 aromatic heterocycles. The van der Waals surface area contributed by atoms with Crippen molar-refractivity contribution in [1.29, 1.82) is 0 Å². The van der Waals surface area contributed by atoms with E-state index in [0.29, 0.717) is 17.2 Å². The van der Waals surface area contributed by atoms with E-state index in [1.165, 1.54) is 4.90 Å². The summed E-state index contributed by atoms with van der Waals surface area (Å²) < 4.78 is 10.6. The molecule has 0 N–H and O–H groups in total. The third kappa shape index (κ3) is 2.47. The Balaban J connectivity index is 3.47. The maximum atomic E-state index is 11.2. The van der Waals surface area contributed by atoms with Crippen molar-refractivity contribution < 1.29 is 14.3 Å². The number of methoxy groups -OCH3 is 2. The van der Waals surface area contributed by atoms with Gasteiger partial charge in [0.15, 0.2) is 0 Å². The van der Waals surface area contributed by atoms with Crippen LogP contribution in [0.4, 0.5) is 10.5 Å². The second kappa shape index (κ2) is 5.27. The molecule has 5 heteroatoms. The van der Waals surface area contributed by atoms with Gasteiger partial charge in [0.2, 0.25) is 0 Å². The van der Waals surface area contributed by atoms with E-state index in [1.807, 2.05) is 13.8 Å². The van der Waals surface area contributed by atoms with Crippen molar-refractivity contribution in [1.82, 2.24) is 0 Å². The number of hydrogen-bond acceptors (Lipinski definition) is 3. The average molecular weight is 258 g/mol. The van der Waals surface area contributed by atoms with Crippen LogP contribution in [0.25, 0.3) is 0 Å². The molecule has 0 saturated carbocycles. The largest absolute Gasteiger partial charge is 0.496 e. The zero-order chi connectivity index (χ0) is 13.2. The third-order valence-corrected chi connectivity index (χ3v) is 3.08. The highest BCUT2D eigenvalue weighted by atomic mass is 35.5. The molecule has 0 saturated heterocycles. The first kappa shape index (κ1) is 13.6. The summed E-state index contributed by atoms with van der Waals surface area (Å²) in [7, 11) is 4.73. The molecule has 0 aliphatic carbocycles. The van der Waals surface area contributed by atoms with Crippen LogP contribution in [-0.4, -0.2) is 26.6 Å². The number of hydrogen-bond donors (Lipinski definition) is 0. The first-order valence-electron chi connectivity index (χ1n) is 5.09. The van der Waals surface area contributed by atoms with Crippen molar-refractivity contribution in [2.75, 3.05) is 26.2 Å². The summed E-state index contributed by atoms with van der Waals surface area (Å²) in [6, 6.07) is 1.74. The van der Waals surface area contributed by atoms with Crippen molar-refractivity contribution in [2.45, 2.75) is 13.8 Å². The SMILES string of the molecule is COc1cc(N(C)C(=O)Cl)c(OC)c(C)c1C. The monoisotopic (exact) mass is 257 g/mol. The Morgan fingerprint density at radius 2 is 1.82 bits per heavy atom. The molecule has 4 nitrogen and oxygen atoms in total. The molecule has 1 rings (SSSR count). The summed E-state index contributed by atoms with van der Waals surface area (Å²) in [5.74, 6) is 1.32. The van der Waals surface area contributed by atoms with E-state index in [1.54, 1.807) is 27.3 Å².